The van der Waals surface area contributed by atoms with Crippen molar-refractivity contribution in [2.45, 2.75) is 282 Å². The van der Waals surface area contributed by atoms with Crippen LogP contribution in [0.15, 0.2) is 60.7 Å². The van der Waals surface area contributed by atoms with Crippen LogP contribution in [0.4, 0.5) is 0 Å². The van der Waals surface area contributed by atoms with E-state index in [9.17, 15) is 112 Å². The third-order valence-corrected chi connectivity index (χ3v) is 19.5. The van der Waals surface area contributed by atoms with Gasteiger partial charge in [0.1, 0.15) is 78.5 Å². The maximum atomic E-state index is 14.6. The van der Waals surface area contributed by atoms with Crippen LogP contribution in [-0.2, 0) is 104 Å². The number of guanidine groups is 1. The van der Waals surface area contributed by atoms with Crippen molar-refractivity contribution in [3.63, 3.8) is 0 Å². The molecular weight excluding hydrogens is 1620 g/mol. The van der Waals surface area contributed by atoms with Gasteiger partial charge in [-0.15, -0.1) is 0 Å². The quantitative estimate of drug-likeness (QED) is 0.0193. The normalized spacial score (nSPS) is 14.2. The first-order valence-corrected chi connectivity index (χ1v) is 41.7. The number of likely N-dealkylation sites (N-methyl/N-ethyl adjacent to an activating group) is 1. The smallest absolute Gasteiger partial charge is 0.303 e. The lowest BCUT2D eigenvalue weighted by Gasteiger charge is -2.29. The van der Waals surface area contributed by atoms with E-state index in [1.165, 1.54) is 20.9 Å². The van der Waals surface area contributed by atoms with Gasteiger partial charge in [-0.05, 0) is 132 Å². The molecule has 0 radical (unpaired) electrons. The van der Waals surface area contributed by atoms with Gasteiger partial charge in [0.25, 0.3) is 0 Å². The lowest BCUT2D eigenvalue weighted by molar-refractivity contribution is -0.140. The lowest BCUT2D eigenvalue weighted by Crippen LogP contribution is -2.61. The molecule has 42 nitrogen and oxygen atoms in total. The topological polar surface area (TPSA) is 688 Å². The number of rotatable bonds is 62. The van der Waals surface area contributed by atoms with Gasteiger partial charge < -0.3 is 117 Å². The van der Waals surface area contributed by atoms with Crippen LogP contribution in [0.3, 0.4) is 0 Å². The lowest BCUT2D eigenvalue weighted by atomic mass is 9.99. The summed E-state index contributed by atoms with van der Waals surface area (Å²) in [4.78, 5) is 258. The van der Waals surface area contributed by atoms with Gasteiger partial charge in [-0.2, -0.15) is 0 Å². The molecule has 0 unspecified atom stereocenters. The SMILES string of the molecule is CCCC[C@H](NC(=O)[C@H](CCC(N)=O)NC(=O)[C@H](CCCCN)NC(=O)[C@@H](CCc1ccccc1)NC(=O)[C@H](CC(C)C)NC(=O)CCC(=O)O)C(=O)N[C@@H](CCC(=O)O)C(=O)N[C@@H](CCC(=O)O)C(=O)N[C@@H](CCC(=O)O)C(=O)N[C@@H](C)C(=O)N[C@H](C(=O)N[C@@H](CCCNC(=N)N)C(=O)N[C@@H](CC(C)C)C(=O)N[C@@H](Cc1ccccc1)C(=O)NC)C(C)C. The van der Waals surface area contributed by atoms with Crippen LogP contribution in [0.2, 0.25) is 0 Å². The Hall–Kier alpha value is -12.4. The van der Waals surface area contributed by atoms with Crippen molar-refractivity contribution < 1.29 is 112 Å². The Balaban J connectivity index is 2.55. The Morgan fingerprint density at radius 1 is 0.355 bits per heavy atom. The number of aliphatic carboxylic acids is 4. The molecule has 42 heteroatoms. The molecule has 0 aromatic heterocycles. The van der Waals surface area contributed by atoms with Gasteiger partial charge in [-0.25, -0.2) is 0 Å². The second-order valence-electron chi connectivity index (χ2n) is 31.4. The first-order chi connectivity index (χ1) is 58.5. The standard InChI is InChI=1S/C82H129N19O23/c1-10-11-25-51(91-76(119)55(30-34-62(84)102)93-73(116)52(26-18-19-40-83)92-75(118)54(29-28-49-21-14-12-15-22-49)97-79(122)59(42-45(2)3)90-63(103)35-39-67(110)111)72(115)95-57(32-37-65(106)107)78(121)96-58(33-38-66(108)109)77(120)94-56(31-36-64(104)105)71(114)89-48(8)69(112)101-68(47(6)7)81(124)98-53(27-20-41-88-82(85)86)74(117)99-60(43-46(4)5)80(123)100-61(70(113)87-9)44-50-23-16-13-17-24-50/h12-17,21-24,45-48,51-61,68H,10-11,18-20,25-44,83H2,1-9H3,(H2,84,102)(H,87,113)(H,89,114)(H,90,103)(H,91,119)(H,92,118)(H,93,116)(H,94,120)(H,95,115)(H,96,121)(H,97,122)(H,98,124)(H,99,117)(H,100,123)(H,101,112)(H,104,105)(H,106,107)(H,108,109)(H,110,111)(H4,85,86,88)/t48-,51-,52-,53-,54+,55-,56-,57-,58-,59-,60-,61-,68-/m0/s1. The van der Waals surface area contributed by atoms with E-state index >= 15 is 0 Å². The van der Waals surface area contributed by atoms with Crippen molar-refractivity contribution in [2.24, 2.45) is 35.0 Å². The van der Waals surface area contributed by atoms with E-state index in [-0.39, 0.29) is 95.6 Å². The number of primary amides is 1. The zero-order valence-corrected chi connectivity index (χ0v) is 72.0. The minimum absolute atomic E-state index is 0.0528. The first-order valence-electron chi connectivity index (χ1n) is 41.7. The van der Waals surface area contributed by atoms with Gasteiger partial charge in [-0.1, -0.05) is 122 Å². The van der Waals surface area contributed by atoms with E-state index < -0.39 is 267 Å². The number of amides is 15. The second kappa shape index (κ2) is 57.8. The highest BCUT2D eigenvalue weighted by molar-refractivity contribution is 6.01. The van der Waals surface area contributed by atoms with Gasteiger partial charge in [0.15, 0.2) is 5.96 Å². The molecule has 0 heterocycles. The number of hydrogen-bond donors (Lipinski definition) is 23. The molecule has 2 aromatic rings. The summed E-state index contributed by atoms with van der Waals surface area (Å²) in [5.41, 5.74) is 18.3. The van der Waals surface area contributed by atoms with E-state index in [0.29, 0.717) is 12.8 Å². The number of unbranched alkanes of at least 4 members (excludes halogenated alkanes) is 2. The molecule has 13 atom stereocenters. The van der Waals surface area contributed by atoms with E-state index in [0.717, 1.165) is 18.1 Å². The number of benzene rings is 2. The predicted octanol–water partition coefficient (Wildman–Crippen LogP) is -2.01. The predicted molar refractivity (Wildman–Crippen MR) is 451 cm³/mol. The minimum Gasteiger partial charge on any atom is -0.481 e. The van der Waals surface area contributed by atoms with E-state index in [4.69, 9.17) is 22.6 Å². The fourth-order valence-electron chi connectivity index (χ4n) is 12.7. The Labute approximate surface area is 720 Å². The zero-order valence-electron chi connectivity index (χ0n) is 72.0. The largest absolute Gasteiger partial charge is 0.481 e. The Morgan fingerprint density at radius 2 is 0.702 bits per heavy atom. The van der Waals surface area contributed by atoms with Crippen LogP contribution in [0.1, 0.15) is 201 Å². The number of hydrogen-bond acceptors (Lipinski definition) is 21. The summed E-state index contributed by atoms with van der Waals surface area (Å²) < 4.78 is 0. The van der Waals surface area contributed by atoms with Gasteiger partial charge in [0.05, 0.1) is 6.42 Å². The first kappa shape index (κ1) is 108. The number of aryl methyl sites for hydroxylation is 1. The molecule has 2 aromatic carbocycles. The number of carbonyl (C=O) groups excluding carboxylic acids is 15. The second-order valence-corrected chi connectivity index (χ2v) is 31.4. The third-order valence-electron chi connectivity index (χ3n) is 19.5. The van der Waals surface area contributed by atoms with Crippen molar-refractivity contribution in [3.05, 3.63) is 71.8 Å². The summed E-state index contributed by atoms with van der Waals surface area (Å²) in [6.45, 7) is 13.2. The molecule has 0 aliphatic carbocycles. The average Bonchev–Trinajstić information content (AvgIpc) is 0.855. The Morgan fingerprint density at radius 3 is 1.08 bits per heavy atom. The maximum absolute atomic E-state index is 14.6. The molecule has 15 amide bonds. The Bertz CT molecular complexity index is 3910. The van der Waals surface area contributed by atoms with Crippen LogP contribution in [-0.4, -0.2) is 238 Å². The highest BCUT2D eigenvalue weighted by Crippen LogP contribution is 2.17. The van der Waals surface area contributed by atoms with Crippen molar-refractivity contribution in [3.8, 4) is 0 Å². The minimum atomic E-state index is -1.98. The van der Waals surface area contributed by atoms with Gasteiger partial charge in [0, 0.05) is 52.1 Å². The molecule has 2 rings (SSSR count). The molecule has 0 bridgehead atoms. The molecule has 0 fully saturated rings. The number of carbonyl (C=O) groups is 19. The van der Waals surface area contributed by atoms with E-state index in [2.05, 4.69) is 79.8 Å². The molecular formula is C82H129N19O23. The van der Waals surface area contributed by atoms with Crippen molar-refractivity contribution in [1.82, 2.24) is 79.8 Å². The van der Waals surface area contributed by atoms with Crippen LogP contribution in [0, 0.1) is 23.2 Å². The zero-order chi connectivity index (χ0) is 93.3. The number of nitrogens with one attached hydrogen (secondary N) is 16. The molecule has 0 saturated carbocycles. The van der Waals surface area contributed by atoms with Crippen LogP contribution < -0.4 is 97.0 Å². The number of carboxylic acids is 4. The monoisotopic (exact) mass is 1750 g/mol. The molecule has 0 aliphatic rings. The molecule has 124 heavy (non-hydrogen) atoms. The highest BCUT2D eigenvalue weighted by atomic mass is 16.4. The average molecular weight is 1750 g/mol. The summed E-state index contributed by atoms with van der Waals surface area (Å²) in [5.74, 6) is -21.9. The van der Waals surface area contributed by atoms with Gasteiger partial charge in [0.2, 0.25) is 88.6 Å². The fourth-order valence-corrected chi connectivity index (χ4v) is 12.7. The summed E-state index contributed by atoms with van der Waals surface area (Å²) in [6, 6.07) is -2.46. The molecule has 0 saturated heterocycles. The van der Waals surface area contributed by atoms with Gasteiger partial charge >= 0.3 is 23.9 Å². The summed E-state index contributed by atoms with van der Waals surface area (Å²) in [6.07, 6.45) is -5.66. The maximum Gasteiger partial charge on any atom is 0.303 e. The van der Waals surface area contributed by atoms with Crippen LogP contribution in [0.5, 0.6) is 0 Å². The van der Waals surface area contributed by atoms with Crippen LogP contribution >= 0.6 is 0 Å². The fraction of sp³-hybridized carbons (Fsp3) is 0.610. The third kappa shape index (κ3) is 43.9. The van der Waals surface area contributed by atoms with Crippen molar-refractivity contribution >= 4 is 118 Å². The summed E-state index contributed by atoms with van der Waals surface area (Å²) in [7, 11) is 1.40. The van der Waals surface area contributed by atoms with E-state index in [1.54, 1.807) is 95.3 Å². The molecule has 0 aliphatic heterocycles. The number of carboxylic acid groups (broad SMARTS) is 4. The molecule has 0 spiro atoms. The Kier molecular flexibility index (Phi) is 50.2. The van der Waals surface area contributed by atoms with E-state index in [1.807, 2.05) is 0 Å². The van der Waals surface area contributed by atoms with Crippen LogP contribution in [0.25, 0.3) is 0 Å². The molecule has 690 valence electrons. The van der Waals surface area contributed by atoms with Crippen molar-refractivity contribution in [2.75, 3.05) is 20.1 Å². The summed E-state index contributed by atoms with van der Waals surface area (Å²) in [5, 5.41) is 84.1. The summed E-state index contributed by atoms with van der Waals surface area (Å²) >= 11 is 0. The highest BCUT2D eigenvalue weighted by Gasteiger charge is 2.39. The number of nitrogens with two attached hydrogens (primary N) is 3. The molecule has 26 N–H and O–H groups in total. The van der Waals surface area contributed by atoms with Crippen molar-refractivity contribution in [1.29, 1.82) is 5.41 Å². The van der Waals surface area contributed by atoms with Gasteiger partial charge in [-0.3, -0.25) is 96.5 Å².